The second-order valence-electron chi connectivity index (χ2n) is 7.34. The van der Waals surface area contributed by atoms with E-state index in [1.807, 2.05) is 18.2 Å². The number of ether oxygens (including phenoxy) is 1. The molecule has 3 aromatic carbocycles. The highest BCUT2D eigenvalue weighted by Crippen LogP contribution is 2.35. The maximum absolute atomic E-state index is 12.1. The maximum atomic E-state index is 12.1. The van der Waals surface area contributed by atoms with Gasteiger partial charge in [0.15, 0.2) is 0 Å². The van der Waals surface area contributed by atoms with Crippen LogP contribution in [0.2, 0.25) is 0 Å². The minimum atomic E-state index is -0.00726. The van der Waals surface area contributed by atoms with Crippen LogP contribution in [-0.4, -0.2) is 25.1 Å². The zero-order valence-corrected chi connectivity index (χ0v) is 15.1. The standard InChI is InChI=1S/C23H22N2O2/c26-23-20-3-1-2-19-16(6-9-21(25-23)22(19)20)14-15-4-7-17(8-5-15)27-18-10-12-24-13-11-18/h1-9,18,24H,10-14H2,(H,25,26). The van der Waals surface area contributed by atoms with E-state index in [0.29, 0.717) is 6.10 Å². The Morgan fingerprint density at radius 2 is 1.78 bits per heavy atom. The Labute approximate surface area is 158 Å². The SMILES string of the molecule is O=C1Nc2ccc(Cc3ccc(OC4CCNCC4)cc3)c3cccc1c23. The van der Waals surface area contributed by atoms with E-state index in [1.165, 1.54) is 11.1 Å². The van der Waals surface area contributed by atoms with Gasteiger partial charge in [0.1, 0.15) is 11.9 Å². The Kier molecular flexibility index (Phi) is 4.06. The molecule has 1 fully saturated rings. The summed E-state index contributed by atoms with van der Waals surface area (Å²) in [5.41, 5.74) is 4.17. The molecule has 27 heavy (non-hydrogen) atoms. The lowest BCUT2D eigenvalue weighted by atomic mass is 9.96. The fourth-order valence-corrected chi connectivity index (χ4v) is 4.12. The van der Waals surface area contributed by atoms with Crippen molar-refractivity contribution in [3.8, 4) is 5.75 Å². The van der Waals surface area contributed by atoms with Crippen LogP contribution in [0.1, 0.15) is 34.3 Å². The molecule has 0 aliphatic carbocycles. The Hall–Kier alpha value is -2.85. The van der Waals surface area contributed by atoms with Crippen LogP contribution < -0.4 is 15.4 Å². The molecule has 2 N–H and O–H groups in total. The van der Waals surface area contributed by atoms with Crippen LogP contribution in [0.25, 0.3) is 10.8 Å². The fraction of sp³-hybridized carbons (Fsp3) is 0.261. The largest absolute Gasteiger partial charge is 0.490 e. The molecule has 136 valence electrons. The van der Waals surface area contributed by atoms with E-state index < -0.39 is 0 Å². The number of carbonyl (C=O) groups excluding carboxylic acids is 1. The molecule has 0 saturated carbocycles. The second kappa shape index (κ2) is 6.71. The van der Waals surface area contributed by atoms with Gasteiger partial charge in [0.05, 0.1) is 0 Å². The molecule has 3 aromatic rings. The van der Waals surface area contributed by atoms with E-state index in [9.17, 15) is 4.79 Å². The highest BCUT2D eigenvalue weighted by Gasteiger charge is 2.22. The molecule has 0 bridgehead atoms. The van der Waals surface area contributed by atoms with Gasteiger partial charge in [0, 0.05) is 16.6 Å². The highest BCUT2D eigenvalue weighted by molar-refractivity contribution is 6.24. The van der Waals surface area contributed by atoms with Gasteiger partial charge in [-0.25, -0.2) is 0 Å². The van der Waals surface area contributed by atoms with Gasteiger partial charge in [-0.05, 0) is 73.1 Å². The van der Waals surface area contributed by atoms with Gasteiger partial charge in [-0.15, -0.1) is 0 Å². The first-order valence-electron chi connectivity index (χ1n) is 9.60. The summed E-state index contributed by atoms with van der Waals surface area (Å²) in [5.74, 6) is 0.938. The quantitative estimate of drug-likeness (QED) is 0.737. The van der Waals surface area contributed by atoms with E-state index in [4.69, 9.17) is 4.74 Å². The van der Waals surface area contributed by atoms with E-state index in [1.54, 1.807) is 0 Å². The van der Waals surface area contributed by atoms with Gasteiger partial charge in [0.2, 0.25) is 0 Å². The van der Waals surface area contributed by atoms with E-state index in [-0.39, 0.29) is 5.91 Å². The molecule has 1 saturated heterocycles. The van der Waals surface area contributed by atoms with Gasteiger partial charge >= 0.3 is 0 Å². The fourth-order valence-electron chi connectivity index (χ4n) is 4.12. The predicted octanol–water partition coefficient (Wildman–Crippen LogP) is 4.13. The van der Waals surface area contributed by atoms with Crippen molar-refractivity contribution in [2.45, 2.75) is 25.4 Å². The van der Waals surface area contributed by atoms with Crippen molar-refractivity contribution in [1.82, 2.24) is 5.32 Å². The second-order valence-corrected chi connectivity index (χ2v) is 7.34. The lowest BCUT2D eigenvalue weighted by Crippen LogP contribution is -2.34. The molecule has 2 heterocycles. The summed E-state index contributed by atoms with van der Waals surface area (Å²) in [4.78, 5) is 12.1. The Morgan fingerprint density at radius 3 is 2.59 bits per heavy atom. The molecule has 4 nitrogen and oxygen atoms in total. The average molecular weight is 358 g/mol. The van der Waals surface area contributed by atoms with E-state index in [2.05, 4.69) is 47.0 Å². The summed E-state index contributed by atoms with van der Waals surface area (Å²) in [6.07, 6.45) is 3.28. The van der Waals surface area contributed by atoms with E-state index in [0.717, 1.165) is 60.1 Å². The van der Waals surface area contributed by atoms with Gasteiger partial charge in [-0.2, -0.15) is 0 Å². The summed E-state index contributed by atoms with van der Waals surface area (Å²) >= 11 is 0. The number of hydrogen-bond donors (Lipinski definition) is 2. The number of rotatable bonds is 4. The molecule has 2 aliphatic heterocycles. The van der Waals surface area contributed by atoms with Gasteiger partial charge in [0.25, 0.3) is 5.91 Å². The van der Waals surface area contributed by atoms with Crippen molar-refractivity contribution in [1.29, 1.82) is 0 Å². The Balaban J connectivity index is 1.38. The summed E-state index contributed by atoms with van der Waals surface area (Å²) in [6.45, 7) is 2.07. The summed E-state index contributed by atoms with van der Waals surface area (Å²) in [7, 11) is 0. The Morgan fingerprint density at radius 1 is 0.963 bits per heavy atom. The van der Waals surface area contributed by atoms with Crippen molar-refractivity contribution in [2.24, 2.45) is 0 Å². The third-order valence-corrected chi connectivity index (χ3v) is 5.53. The Bertz CT molecular complexity index is 1000. The third kappa shape index (κ3) is 3.06. The van der Waals surface area contributed by atoms with E-state index >= 15 is 0 Å². The first kappa shape index (κ1) is 16.3. The van der Waals surface area contributed by atoms with Gasteiger partial charge < -0.3 is 15.4 Å². The zero-order chi connectivity index (χ0) is 18.2. The number of nitrogens with one attached hydrogen (secondary N) is 2. The molecule has 0 unspecified atom stereocenters. The number of piperidine rings is 1. The monoisotopic (exact) mass is 358 g/mol. The van der Waals surface area contributed by atoms with Gasteiger partial charge in [-0.1, -0.05) is 30.3 Å². The first-order chi connectivity index (χ1) is 13.3. The molecule has 0 aromatic heterocycles. The van der Waals surface area contributed by atoms with Crippen LogP contribution in [0.4, 0.5) is 5.69 Å². The van der Waals surface area contributed by atoms with Crippen LogP contribution in [0.5, 0.6) is 5.75 Å². The average Bonchev–Trinajstić information content (AvgIpc) is 3.04. The van der Waals surface area contributed by atoms with Crippen LogP contribution in [0.15, 0.2) is 54.6 Å². The smallest absolute Gasteiger partial charge is 0.256 e. The van der Waals surface area contributed by atoms with Gasteiger partial charge in [-0.3, -0.25) is 4.79 Å². The summed E-state index contributed by atoms with van der Waals surface area (Å²) in [6, 6.07) is 18.5. The zero-order valence-electron chi connectivity index (χ0n) is 15.1. The first-order valence-corrected chi connectivity index (χ1v) is 9.60. The summed E-state index contributed by atoms with van der Waals surface area (Å²) < 4.78 is 6.10. The minimum Gasteiger partial charge on any atom is -0.490 e. The van der Waals surface area contributed by atoms with Crippen molar-refractivity contribution in [2.75, 3.05) is 18.4 Å². The number of amides is 1. The normalized spacial score (nSPS) is 16.5. The van der Waals surface area contributed by atoms with Crippen molar-refractivity contribution < 1.29 is 9.53 Å². The maximum Gasteiger partial charge on any atom is 0.256 e. The van der Waals surface area contributed by atoms with Crippen LogP contribution in [0, 0.1) is 0 Å². The molecule has 5 rings (SSSR count). The molecular weight excluding hydrogens is 336 g/mol. The molecule has 0 spiro atoms. The van der Waals surface area contributed by atoms with Crippen LogP contribution in [0.3, 0.4) is 0 Å². The van der Waals surface area contributed by atoms with Crippen LogP contribution in [-0.2, 0) is 6.42 Å². The summed E-state index contributed by atoms with van der Waals surface area (Å²) in [5, 5.41) is 8.51. The molecule has 4 heteroatoms. The third-order valence-electron chi connectivity index (χ3n) is 5.53. The number of hydrogen-bond acceptors (Lipinski definition) is 3. The molecule has 0 atom stereocenters. The van der Waals surface area contributed by atoms with Crippen molar-refractivity contribution in [3.05, 3.63) is 71.3 Å². The molecular formula is C23H22N2O2. The highest BCUT2D eigenvalue weighted by atomic mass is 16.5. The lowest BCUT2D eigenvalue weighted by Gasteiger charge is -2.23. The minimum absolute atomic E-state index is 0.00726. The van der Waals surface area contributed by atoms with Crippen LogP contribution >= 0.6 is 0 Å². The topological polar surface area (TPSA) is 50.4 Å². The van der Waals surface area contributed by atoms with Crippen molar-refractivity contribution >= 4 is 22.4 Å². The number of anilines is 1. The predicted molar refractivity (Wildman–Crippen MR) is 108 cm³/mol. The molecule has 0 radical (unpaired) electrons. The lowest BCUT2D eigenvalue weighted by molar-refractivity contribution is 0.103. The van der Waals surface area contributed by atoms with Crippen molar-refractivity contribution in [3.63, 3.8) is 0 Å². The molecule has 2 aliphatic rings. The number of benzene rings is 3. The molecule has 1 amide bonds. The number of carbonyl (C=O) groups is 1.